The molecule has 0 aromatic heterocycles. The molecule has 0 saturated carbocycles. The fourth-order valence-electron chi connectivity index (χ4n) is 2.16. The minimum absolute atomic E-state index is 0.142. The van der Waals surface area contributed by atoms with Gasteiger partial charge >= 0.3 is 5.97 Å². The van der Waals surface area contributed by atoms with E-state index in [4.69, 9.17) is 9.47 Å². The van der Waals surface area contributed by atoms with Crippen LogP contribution in [-0.2, 0) is 19.1 Å². The number of rotatable bonds is 10. The van der Waals surface area contributed by atoms with Crippen molar-refractivity contribution in [2.75, 3.05) is 37.8 Å². The van der Waals surface area contributed by atoms with Crippen molar-refractivity contribution < 1.29 is 23.9 Å². The van der Waals surface area contributed by atoms with Crippen molar-refractivity contribution in [3.63, 3.8) is 0 Å². The second-order valence-corrected chi connectivity index (χ2v) is 8.44. The molecule has 0 unspecified atom stereocenters. The van der Waals surface area contributed by atoms with Crippen molar-refractivity contribution in [3.05, 3.63) is 29.8 Å². The molecule has 1 aliphatic heterocycles. The van der Waals surface area contributed by atoms with E-state index >= 15 is 0 Å². The molecule has 1 fully saturated rings. The zero-order chi connectivity index (χ0) is 19.5. The maximum atomic E-state index is 11.7. The number of thioether (sulfide) groups is 2. The summed E-state index contributed by atoms with van der Waals surface area (Å²) >= 11 is 3.85. The van der Waals surface area contributed by atoms with Gasteiger partial charge in [-0.25, -0.2) is 4.79 Å². The highest BCUT2D eigenvalue weighted by molar-refractivity contribution is 8.19. The molecule has 148 valence electrons. The standard InChI is InChI=1S/C18H24N2O5S2/c1-2-7-19-15(21)10-20-16(22)11-25-17(23)12-24-14-5-3-13(4-6-14)18-26-8-9-27-18/h3-6,18H,2,7-12H2,1H3,(H,19,21)(H,20,22). The summed E-state index contributed by atoms with van der Waals surface area (Å²) in [5, 5.41) is 5.01. The number of amides is 2. The third-order valence-electron chi connectivity index (χ3n) is 3.51. The number of ether oxygens (including phenoxy) is 2. The van der Waals surface area contributed by atoms with Gasteiger partial charge in [0.1, 0.15) is 5.75 Å². The molecule has 2 amide bonds. The molecule has 27 heavy (non-hydrogen) atoms. The molecule has 1 aromatic rings. The Morgan fingerprint density at radius 2 is 1.74 bits per heavy atom. The van der Waals surface area contributed by atoms with Gasteiger partial charge in [0.15, 0.2) is 13.2 Å². The Bertz CT molecular complexity index is 633. The number of carbonyl (C=O) groups excluding carboxylic acids is 3. The monoisotopic (exact) mass is 412 g/mol. The van der Waals surface area contributed by atoms with Crippen LogP contribution in [0.15, 0.2) is 24.3 Å². The minimum atomic E-state index is -0.647. The highest BCUT2D eigenvalue weighted by atomic mass is 32.2. The molecule has 2 rings (SSSR count). The van der Waals surface area contributed by atoms with Gasteiger partial charge in [0.05, 0.1) is 11.1 Å². The predicted molar refractivity (Wildman–Crippen MR) is 107 cm³/mol. The maximum absolute atomic E-state index is 11.7. The first-order valence-corrected chi connectivity index (χ1v) is 10.8. The zero-order valence-corrected chi connectivity index (χ0v) is 16.8. The van der Waals surface area contributed by atoms with Crippen LogP contribution in [0.3, 0.4) is 0 Å². The summed E-state index contributed by atoms with van der Waals surface area (Å²) in [5.74, 6) is 1.43. The van der Waals surface area contributed by atoms with Gasteiger partial charge in [-0.05, 0) is 24.1 Å². The van der Waals surface area contributed by atoms with Crippen LogP contribution in [0, 0.1) is 0 Å². The van der Waals surface area contributed by atoms with Crippen LogP contribution >= 0.6 is 23.5 Å². The third-order valence-corrected chi connectivity index (χ3v) is 6.62. The number of carbonyl (C=O) groups is 3. The highest BCUT2D eigenvalue weighted by Gasteiger charge is 2.18. The largest absolute Gasteiger partial charge is 0.482 e. The fourth-order valence-corrected chi connectivity index (χ4v) is 5.02. The van der Waals surface area contributed by atoms with Crippen molar-refractivity contribution in [1.29, 1.82) is 0 Å². The Kier molecular flexibility index (Phi) is 9.34. The molecular weight excluding hydrogens is 388 g/mol. The molecule has 0 aliphatic carbocycles. The minimum Gasteiger partial charge on any atom is -0.482 e. The van der Waals surface area contributed by atoms with E-state index in [2.05, 4.69) is 10.6 Å². The van der Waals surface area contributed by atoms with E-state index < -0.39 is 18.5 Å². The van der Waals surface area contributed by atoms with Gasteiger partial charge in [-0.15, -0.1) is 23.5 Å². The van der Waals surface area contributed by atoms with Crippen LogP contribution in [0.5, 0.6) is 5.75 Å². The average molecular weight is 413 g/mol. The van der Waals surface area contributed by atoms with Crippen molar-refractivity contribution in [3.8, 4) is 5.75 Å². The summed E-state index contributed by atoms with van der Waals surface area (Å²) in [6, 6.07) is 7.63. The van der Waals surface area contributed by atoms with Gasteiger partial charge < -0.3 is 20.1 Å². The van der Waals surface area contributed by atoms with E-state index in [-0.39, 0.29) is 19.1 Å². The Morgan fingerprint density at radius 1 is 1.04 bits per heavy atom. The lowest BCUT2D eigenvalue weighted by atomic mass is 10.2. The number of hydrogen-bond donors (Lipinski definition) is 2. The number of esters is 1. The SMILES string of the molecule is CCCNC(=O)CNC(=O)COC(=O)COc1ccc(C2SCCS2)cc1. The molecule has 9 heteroatoms. The van der Waals surface area contributed by atoms with E-state index in [9.17, 15) is 14.4 Å². The quantitative estimate of drug-likeness (QED) is 0.565. The van der Waals surface area contributed by atoms with E-state index in [1.165, 1.54) is 5.56 Å². The Labute approximate surface area is 167 Å². The van der Waals surface area contributed by atoms with E-state index in [0.29, 0.717) is 16.9 Å². The topological polar surface area (TPSA) is 93.7 Å². The smallest absolute Gasteiger partial charge is 0.344 e. The van der Waals surface area contributed by atoms with Crippen molar-refractivity contribution >= 4 is 41.3 Å². The maximum Gasteiger partial charge on any atom is 0.344 e. The number of hydrogen-bond acceptors (Lipinski definition) is 7. The predicted octanol–water partition coefficient (Wildman–Crippen LogP) is 1.73. The first-order chi connectivity index (χ1) is 13.1. The Hall–Kier alpha value is -1.87. The molecule has 1 heterocycles. The molecule has 7 nitrogen and oxygen atoms in total. The third kappa shape index (κ3) is 8.13. The van der Waals surface area contributed by atoms with Crippen LogP contribution in [0.4, 0.5) is 0 Å². The zero-order valence-electron chi connectivity index (χ0n) is 15.2. The molecule has 1 aliphatic rings. The van der Waals surface area contributed by atoms with E-state index in [1.54, 1.807) is 0 Å². The lowest BCUT2D eigenvalue weighted by Crippen LogP contribution is -2.39. The first-order valence-electron chi connectivity index (χ1n) is 8.73. The summed E-state index contributed by atoms with van der Waals surface area (Å²) in [4.78, 5) is 34.6. The summed E-state index contributed by atoms with van der Waals surface area (Å²) in [6.07, 6.45) is 0.818. The molecule has 1 saturated heterocycles. The molecule has 0 spiro atoms. The van der Waals surface area contributed by atoms with Gasteiger partial charge in [0, 0.05) is 18.1 Å². The van der Waals surface area contributed by atoms with E-state index in [0.717, 1.165) is 17.9 Å². The number of benzene rings is 1. The Balaban J connectivity index is 1.61. The molecule has 0 bridgehead atoms. The highest BCUT2D eigenvalue weighted by Crippen LogP contribution is 2.45. The van der Waals surface area contributed by atoms with Crippen LogP contribution in [0.25, 0.3) is 0 Å². The second kappa shape index (κ2) is 11.8. The molecular formula is C18H24N2O5S2. The van der Waals surface area contributed by atoms with Crippen molar-refractivity contribution in [2.45, 2.75) is 17.9 Å². The first kappa shape index (κ1) is 21.4. The summed E-state index contributed by atoms with van der Waals surface area (Å²) in [5.41, 5.74) is 1.23. The molecule has 1 aromatic carbocycles. The van der Waals surface area contributed by atoms with Crippen LogP contribution in [0.1, 0.15) is 23.5 Å². The van der Waals surface area contributed by atoms with Crippen molar-refractivity contribution in [2.24, 2.45) is 0 Å². The summed E-state index contributed by atoms with van der Waals surface area (Å²) < 4.78 is 10.7. The van der Waals surface area contributed by atoms with Crippen LogP contribution < -0.4 is 15.4 Å². The molecule has 0 radical (unpaired) electrons. The summed E-state index contributed by atoms with van der Waals surface area (Å²) in [7, 11) is 0. The van der Waals surface area contributed by atoms with Crippen LogP contribution in [-0.4, -0.2) is 55.6 Å². The summed E-state index contributed by atoms with van der Waals surface area (Å²) in [6.45, 7) is 1.62. The second-order valence-electron chi connectivity index (χ2n) is 5.72. The van der Waals surface area contributed by atoms with E-state index in [1.807, 2.05) is 54.7 Å². The lowest BCUT2D eigenvalue weighted by Gasteiger charge is -2.10. The number of nitrogens with one attached hydrogen (secondary N) is 2. The van der Waals surface area contributed by atoms with Crippen LogP contribution in [0.2, 0.25) is 0 Å². The van der Waals surface area contributed by atoms with Gasteiger partial charge in [-0.2, -0.15) is 0 Å². The normalized spacial score (nSPS) is 13.8. The van der Waals surface area contributed by atoms with Gasteiger partial charge in [-0.1, -0.05) is 19.1 Å². The fraction of sp³-hybridized carbons (Fsp3) is 0.500. The van der Waals surface area contributed by atoms with Gasteiger partial charge in [0.25, 0.3) is 5.91 Å². The lowest BCUT2D eigenvalue weighted by molar-refractivity contribution is -0.150. The molecule has 0 atom stereocenters. The van der Waals surface area contributed by atoms with Crippen molar-refractivity contribution in [1.82, 2.24) is 10.6 Å². The van der Waals surface area contributed by atoms with Gasteiger partial charge in [-0.3, -0.25) is 9.59 Å². The Morgan fingerprint density at radius 3 is 2.41 bits per heavy atom. The average Bonchev–Trinajstić information content (AvgIpc) is 3.22. The molecule has 2 N–H and O–H groups in total. The van der Waals surface area contributed by atoms with Gasteiger partial charge in [0.2, 0.25) is 5.91 Å².